The van der Waals surface area contributed by atoms with Gasteiger partial charge in [0.05, 0.1) is 6.04 Å². The molecule has 2 rings (SSSR count). The number of ketones is 1. The van der Waals surface area contributed by atoms with Crippen molar-refractivity contribution in [3.05, 3.63) is 29.3 Å². The van der Waals surface area contributed by atoms with Gasteiger partial charge in [-0.2, -0.15) is 0 Å². The molecule has 1 aromatic carbocycles. The topological polar surface area (TPSA) is 75.6 Å². The van der Waals surface area contributed by atoms with E-state index >= 15 is 0 Å². The number of carbonyl (C=O) groups is 2. The second-order valence-electron chi connectivity index (χ2n) is 5.64. The van der Waals surface area contributed by atoms with Crippen molar-refractivity contribution >= 4 is 11.7 Å². The van der Waals surface area contributed by atoms with Crippen LogP contribution in [0.2, 0.25) is 0 Å². The van der Waals surface area contributed by atoms with E-state index < -0.39 is 17.7 Å². The number of hydrogen-bond donors (Lipinski definition) is 2. The molecule has 1 aliphatic rings. The average Bonchev–Trinajstić information content (AvgIpc) is 2.33. The third-order valence-electron chi connectivity index (χ3n) is 3.51. The average molecular weight is 277 g/mol. The van der Waals surface area contributed by atoms with Crippen molar-refractivity contribution in [3.8, 4) is 5.75 Å². The van der Waals surface area contributed by atoms with Crippen LogP contribution in [-0.2, 0) is 4.79 Å². The number of fused-ring (bicyclic) bond motifs is 1. The first-order valence-electron chi connectivity index (χ1n) is 6.51. The predicted molar refractivity (Wildman–Crippen MR) is 73.7 cm³/mol. The van der Waals surface area contributed by atoms with Crippen molar-refractivity contribution in [2.24, 2.45) is 0 Å². The Bertz CT molecular complexity index is 565. The van der Waals surface area contributed by atoms with Crippen LogP contribution in [-0.4, -0.2) is 28.5 Å². The van der Waals surface area contributed by atoms with Gasteiger partial charge in [-0.1, -0.05) is 0 Å². The maximum Gasteiger partial charge on any atom is 0.217 e. The van der Waals surface area contributed by atoms with Gasteiger partial charge in [-0.05, 0) is 39.0 Å². The van der Waals surface area contributed by atoms with Crippen LogP contribution >= 0.6 is 0 Å². The first-order valence-corrected chi connectivity index (χ1v) is 6.51. The van der Waals surface area contributed by atoms with Gasteiger partial charge >= 0.3 is 0 Å². The summed E-state index contributed by atoms with van der Waals surface area (Å²) in [4.78, 5) is 22.8. The third-order valence-corrected chi connectivity index (χ3v) is 3.51. The Balaban J connectivity index is 2.53. The molecule has 1 aliphatic heterocycles. The molecule has 20 heavy (non-hydrogen) atoms. The molecule has 0 saturated heterocycles. The number of nitrogens with one attached hydrogen (secondary N) is 1. The summed E-state index contributed by atoms with van der Waals surface area (Å²) in [5, 5.41) is 13.1. The first kappa shape index (κ1) is 14.5. The summed E-state index contributed by atoms with van der Waals surface area (Å²) < 4.78 is 5.77. The number of ether oxygens (including phenoxy) is 1. The van der Waals surface area contributed by atoms with Crippen molar-refractivity contribution in [1.82, 2.24) is 5.32 Å². The standard InChI is InChI=1S/C15H19NO4/c1-8(17)10-5-6-12-11(7-10)13(16-9(2)18)14(19)15(3,4)20-12/h5-7,13-14,19H,1-4H3,(H,16,18)/t13?,14-/m0/s1. The number of amides is 1. The summed E-state index contributed by atoms with van der Waals surface area (Å²) in [7, 11) is 0. The molecular formula is C15H19NO4. The van der Waals surface area contributed by atoms with Gasteiger partial charge in [0.25, 0.3) is 0 Å². The molecule has 1 heterocycles. The molecule has 1 unspecified atom stereocenters. The van der Waals surface area contributed by atoms with E-state index in [1.807, 2.05) is 0 Å². The molecule has 0 radical (unpaired) electrons. The smallest absolute Gasteiger partial charge is 0.217 e. The molecular weight excluding hydrogens is 258 g/mol. The molecule has 0 fully saturated rings. The van der Waals surface area contributed by atoms with E-state index in [1.54, 1.807) is 32.0 Å². The fourth-order valence-electron chi connectivity index (χ4n) is 2.39. The normalized spacial score (nSPS) is 23.4. The highest BCUT2D eigenvalue weighted by atomic mass is 16.5. The van der Waals surface area contributed by atoms with Gasteiger partial charge in [0.15, 0.2) is 5.78 Å². The number of benzene rings is 1. The van der Waals surface area contributed by atoms with Crippen LogP contribution in [0.3, 0.4) is 0 Å². The second kappa shape index (κ2) is 4.90. The Morgan fingerprint density at radius 2 is 1.95 bits per heavy atom. The lowest BCUT2D eigenvalue weighted by Gasteiger charge is -2.42. The molecule has 1 aromatic rings. The number of Topliss-reactive ketones (excluding diaryl/α,β-unsaturated/α-hetero) is 1. The SMILES string of the molecule is CC(=O)NC1c2cc(C(C)=O)ccc2OC(C)(C)[C@H]1O. The molecule has 0 aromatic heterocycles. The van der Waals surface area contributed by atoms with Gasteiger partial charge in [0.1, 0.15) is 17.5 Å². The lowest BCUT2D eigenvalue weighted by molar-refractivity contribution is -0.123. The summed E-state index contributed by atoms with van der Waals surface area (Å²) in [6.45, 7) is 6.38. The van der Waals surface area contributed by atoms with Gasteiger partial charge in [-0.25, -0.2) is 0 Å². The molecule has 5 nitrogen and oxygen atoms in total. The molecule has 0 bridgehead atoms. The Kier molecular flexibility index (Phi) is 3.56. The van der Waals surface area contributed by atoms with Crippen molar-refractivity contribution in [2.45, 2.75) is 45.4 Å². The van der Waals surface area contributed by atoms with Crippen LogP contribution < -0.4 is 10.1 Å². The lowest BCUT2D eigenvalue weighted by atomic mass is 9.85. The Labute approximate surface area is 117 Å². The van der Waals surface area contributed by atoms with Crippen LogP contribution in [0, 0.1) is 0 Å². The zero-order valence-corrected chi connectivity index (χ0v) is 12.1. The summed E-state index contributed by atoms with van der Waals surface area (Å²) in [6, 6.07) is 4.45. The Hall–Kier alpha value is -1.88. The minimum atomic E-state index is -0.902. The van der Waals surface area contributed by atoms with Gasteiger partial charge in [-0.15, -0.1) is 0 Å². The van der Waals surface area contributed by atoms with Gasteiger partial charge < -0.3 is 15.2 Å². The third kappa shape index (κ3) is 2.54. The van der Waals surface area contributed by atoms with Crippen LogP contribution in [0.15, 0.2) is 18.2 Å². The quantitative estimate of drug-likeness (QED) is 0.805. The van der Waals surface area contributed by atoms with E-state index in [0.29, 0.717) is 16.9 Å². The van der Waals surface area contributed by atoms with Crippen molar-refractivity contribution in [2.75, 3.05) is 0 Å². The largest absolute Gasteiger partial charge is 0.485 e. The minimum absolute atomic E-state index is 0.0753. The van der Waals surface area contributed by atoms with E-state index in [1.165, 1.54) is 13.8 Å². The minimum Gasteiger partial charge on any atom is -0.485 e. The summed E-state index contributed by atoms with van der Waals surface area (Å²) in [6.07, 6.45) is -0.902. The Morgan fingerprint density at radius 3 is 2.50 bits per heavy atom. The second-order valence-corrected chi connectivity index (χ2v) is 5.64. The number of aliphatic hydroxyl groups is 1. The first-order chi connectivity index (χ1) is 9.22. The predicted octanol–water partition coefficient (Wildman–Crippen LogP) is 1.60. The number of carbonyl (C=O) groups excluding carboxylic acids is 2. The zero-order valence-electron chi connectivity index (χ0n) is 12.1. The molecule has 0 spiro atoms. The maximum absolute atomic E-state index is 11.5. The lowest BCUT2D eigenvalue weighted by Crippen LogP contribution is -2.53. The fourth-order valence-corrected chi connectivity index (χ4v) is 2.39. The molecule has 0 saturated carbocycles. The molecule has 5 heteroatoms. The molecule has 0 aliphatic carbocycles. The van der Waals surface area contributed by atoms with Crippen molar-refractivity contribution in [1.29, 1.82) is 0 Å². The summed E-state index contributed by atoms with van der Waals surface area (Å²) >= 11 is 0. The van der Waals surface area contributed by atoms with Crippen LogP contribution in [0.25, 0.3) is 0 Å². The highest BCUT2D eigenvalue weighted by Crippen LogP contribution is 2.40. The van der Waals surface area contributed by atoms with Gasteiger partial charge in [0, 0.05) is 18.1 Å². The number of rotatable bonds is 2. The van der Waals surface area contributed by atoms with Crippen LogP contribution in [0.5, 0.6) is 5.75 Å². The van der Waals surface area contributed by atoms with Crippen LogP contribution in [0.1, 0.15) is 49.7 Å². The van der Waals surface area contributed by atoms with Crippen LogP contribution in [0.4, 0.5) is 0 Å². The fraction of sp³-hybridized carbons (Fsp3) is 0.467. The summed E-state index contributed by atoms with van der Waals surface area (Å²) in [5.41, 5.74) is 0.326. The molecule has 2 N–H and O–H groups in total. The highest BCUT2D eigenvalue weighted by molar-refractivity contribution is 5.94. The maximum atomic E-state index is 11.5. The molecule has 2 atom stereocenters. The van der Waals surface area contributed by atoms with E-state index in [-0.39, 0.29) is 11.7 Å². The van der Waals surface area contributed by atoms with Gasteiger partial charge in [0.2, 0.25) is 5.91 Å². The van der Waals surface area contributed by atoms with Crippen molar-refractivity contribution < 1.29 is 19.4 Å². The van der Waals surface area contributed by atoms with E-state index in [2.05, 4.69) is 5.32 Å². The molecule has 1 amide bonds. The molecule has 108 valence electrons. The Morgan fingerprint density at radius 1 is 1.30 bits per heavy atom. The number of aliphatic hydroxyl groups excluding tert-OH is 1. The zero-order chi connectivity index (χ0) is 15.1. The summed E-state index contributed by atoms with van der Waals surface area (Å²) in [5.74, 6) is 0.253. The monoisotopic (exact) mass is 277 g/mol. The number of hydrogen-bond acceptors (Lipinski definition) is 4. The van der Waals surface area contributed by atoms with Gasteiger partial charge in [-0.3, -0.25) is 9.59 Å². The van der Waals surface area contributed by atoms with E-state index in [4.69, 9.17) is 4.74 Å². The highest BCUT2D eigenvalue weighted by Gasteiger charge is 2.43. The van der Waals surface area contributed by atoms with E-state index in [0.717, 1.165) is 0 Å². The van der Waals surface area contributed by atoms with E-state index in [9.17, 15) is 14.7 Å². The van der Waals surface area contributed by atoms with Crippen molar-refractivity contribution in [3.63, 3.8) is 0 Å².